The fourth-order valence-corrected chi connectivity index (χ4v) is 4.03. The highest BCUT2D eigenvalue weighted by atomic mass is 35.5. The minimum absolute atomic E-state index is 0.199. The first kappa shape index (κ1) is 26.3. The lowest BCUT2D eigenvalue weighted by molar-refractivity contribution is 0.294. The van der Waals surface area contributed by atoms with Crippen LogP contribution in [0.3, 0.4) is 0 Å². The van der Waals surface area contributed by atoms with Crippen LogP contribution in [0.5, 0.6) is 11.6 Å². The van der Waals surface area contributed by atoms with E-state index >= 15 is 0 Å². The number of hydrogen-bond acceptors (Lipinski definition) is 7. The molecule has 0 aromatic carbocycles. The van der Waals surface area contributed by atoms with Gasteiger partial charge in [0, 0.05) is 35.6 Å². The molecule has 192 valence electrons. The van der Waals surface area contributed by atoms with E-state index < -0.39 is 0 Å². The van der Waals surface area contributed by atoms with Gasteiger partial charge in [0.15, 0.2) is 0 Å². The number of hydrogen-bond donors (Lipinski definition) is 0. The van der Waals surface area contributed by atoms with Gasteiger partial charge in [-0.15, -0.1) is 0 Å². The molecule has 0 saturated heterocycles. The fraction of sp³-hybridized carbons (Fsp3) is 0.321. The molecule has 37 heavy (non-hydrogen) atoms. The molecule has 9 heteroatoms. The van der Waals surface area contributed by atoms with Crippen LogP contribution in [0, 0.1) is 20.8 Å². The van der Waals surface area contributed by atoms with E-state index in [4.69, 9.17) is 26.1 Å². The van der Waals surface area contributed by atoms with E-state index in [1.807, 2.05) is 32.0 Å². The molecule has 0 amide bonds. The molecular weight excluding hydrogens is 490 g/mol. The maximum absolute atomic E-state index is 13.5. The van der Waals surface area contributed by atoms with Crippen LogP contribution in [-0.4, -0.2) is 31.6 Å². The van der Waals surface area contributed by atoms with Crippen molar-refractivity contribution >= 4 is 11.6 Å². The zero-order valence-corrected chi connectivity index (χ0v) is 22.8. The van der Waals surface area contributed by atoms with E-state index in [1.54, 1.807) is 43.1 Å². The van der Waals surface area contributed by atoms with Crippen LogP contribution in [0.25, 0.3) is 17.1 Å². The summed E-state index contributed by atoms with van der Waals surface area (Å²) in [4.78, 5) is 31.7. The van der Waals surface area contributed by atoms with E-state index in [1.165, 1.54) is 0 Å². The number of nitrogens with zero attached hydrogens (tertiary/aromatic N) is 5. The Morgan fingerprint density at radius 3 is 2.49 bits per heavy atom. The van der Waals surface area contributed by atoms with Gasteiger partial charge >= 0.3 is 0 Å². The van der Waals surface area contributed by atoms with E-state index in [0.29, 0.717) is 56.5 Å². The Morgan fingerprint density at radius 1 is 1.03 bits per heavy atom. The minimum atomic E-state index is -0.234. The number of rotatable bonds is 6. The predicted octanol–water partition coefficient (Wildman–Crippen LogP) is 5.55. The molecule has 0 bridgehead atoms. The molecule has 0 aliphatic rings. The normalized spacial score (nSPS) is 11.5. The summed E-state index contributed by atoms with van der Waals surface area (Å²) in [5, 5.41) is 0.352. The fourth-order valence-electron chi connectivity index (χ4n) is 3.84. The molecule has 4 rings (SSSR count). The molecule has 0 saturated carbocycles. The SMILES string of the molecule is COc1cccc(COc2cc(C)n(-c3cc(-c4nc(C(C)(C)C)ncc4C)ncc3Cl)c(=O)c2C)n1. The predicted molar refractivity (Wildman–Crippen MR) is 144 cm³/mol. The quantitative estimate of drug-likeness (QED) is 0.330. The first-order valence-electron chi connectivity index (χ1n) is 11.9. The van der Waals surface area contributed by atoms with E-state index in [-0.39, 0.29) is 17.6 Å². The van der Waals surface area contributed by atoms with Gasteiger partial charge in [0.2, 0.25) is 5.88 Å². The number of ether oxygens (including phenoxy) is 2. The van der Waals surface area contributed by atoms with Gasteiger partial charge in [-0.05, 0) is 38.5 Å². The monoisotopic (exact) mass is 519 g/mol. The molecule has 0 spiro atoms. The number of pyridine rings is 3. The minimum Gasteiger partial charge on any atom is -0.487 e. The summed E-state index contributed by atoms with van der Waals surface area (Å²) in [6.45, 7) is 11.9. The Kier molecular flexibility index (Phi) is 7.32. The second kappa shape index (κ2) is 10.3. The summed E-state index contributed by atoms with van der Waals surface area (Å²) in [6.07, 6.45) is 3.34. The standard InChI is InChI=1S/C28H30ClN5O3/c1-16-13-31-27(28(4,5)6)33-25(16)21-12-22(20(29)14-30-21)34-17(2)11-23(18(3)26(34)35)37-15-19-9-8-10-24(32-19)36-7/h8-14H,15H2,1-7H3. The Bertz CT molecular complexity index is 1530. The second-order valence-electron chi connectivity index (χ2n) is 9.87. The van der Waals surface area contributed by atoms with Crippen molar-refractivity contribution in [2.75, 3.05) is 7.11 Å². The van der Waals surface area contributed by atoms with Crippen molar-refractivity contribution in [2.24, 2.45) is 0 Å². The lowest BCUT2D eigenvalue weighted by atomic mass is 9.95. The van der Waals surface area contributed by atoms with Crippen molar-refractivity contribution < 1.29 is 9.47 Å². The zero-order chi connectivity index (χ0) is 26.9. The van der Waals surface area contributed by atoms with Gasteiger partial charge in [-0.3, -0.25) is 14.3 Å². The maximum atomic E-state index is 13.5. The first-order chi connectivity index (χ1) is 17.5. The lowest BCUT2D eigenvalue weighted by Gasteiger charge is -2.19. The van der Waals surface area contributed by atoms with Crippen LogP contribution in [-0.2, 0) is 12.0 Å². The number of halogens is 1. The Labute approximate surface area is 221 Å². The molecule has 0 N–H and O–H groups in total. The van der Waals surface area contributed by atoms with Crippen molar-refractivity contribution in [1.29, 1.82) is 0 Å². The topological polar surface area (TPSA) is 92.0 Å². The van der Waals surface area contributed by atoms with Crippen molar-refractivity contribution in [3.05, 3.63) is 86.4 Å². The molecule has 0 fully saturated rings. The first-order valence-corrected chi connectivity index (χ1v) is 12.2. The summed E-state index contributed by atoms with van der Waals surface area (Å²) >= 11 is 6.56. The molecule has 0 aliphatic heterocycles. The number of aromatic nitrogens is 5. The smallest absolute Gasteiger partial charge is 0.261 e. The summed E-state index contributed by atoms with van der Waals surface area (Å²) < 4.78 is 12.7. The third kappa shape index (κ3) is 5.49. The molecule has 4 aromatic rings. The van der Waals surface area contributed by atoms with Crippen molar-refractivity contribution in [3.63, 3.8) is 0 Å². The zero-order valence-electron chi connectivity index (χ0n) is 22.1. The number of methoxy groups -OCH3 is 1. The van der Waals surface area contributed by atoms with Gasteiger partial charge < -0.3 is 9.47 Å². The van der Waals surface area contributed by atoms with Gasteiger partial charge in [0.1, 0.15) is 18.2 Å². The lowest BCUT2D eigenvalue weighted by Crippen LogP contribution is -2.24. The van der Waals surface area contributed by atoms with Crippen LogP contribution in [0.1, 0.15) is 49.1 Å². The molecule has 4 aromatic heterocycles. The Morgan fingerprint density at radius 2 is 1.78 bits per heavy atom. The van der Waals surface area contributed by atoms with Gasteiger partial charge in [-0.1, -0.05) is 38.4 Å². The van der Waals surface area contributed by atoms with Crippen molar-refractivity contribution in [3.8, 4) is 28.7 Å². The maximum Gasteiger partial charge on any atom is 0.261 e. The average Bonchev–Trinajstić information content (AvgIpc) is 2.86. The Balaban J connectivity index is 1.73. The molecule has 0 radical (unpaired) electrons. The third-order valence-corrected chi connectivity index (χ3v) is 6.20. The number of aryl methyl sites for hydroxylation is 2. The van der Waals surface area contributed by atoms with E-state index in [9.17, 15) is 4.79 Å². The van der Waals surface area contributed by atoms with Crippen LogP contribution >= 0.6 is 11.6 Å². The highest BCUT2D eigenvalue weighted by Gasteiger charge is 2.21. The summed E-state index contributed by atoms with van der Waals surface area (Å²) in [6, 6.07) is 9.05. The van der Waals surface area contributed by atoms with Crippen LogP contribution in [0.15, 0.2) is 47.5 Å². The molecule has 0 aliphatic carbocycles. The highest BCUT2D eigenvalue weighted by molar-refractivity contribution is 6.32. The Hall–Kier alpha value is -3.78. The average molecular weight is 520 g/mol. The van der Waals surface area contributed by atoms with Gasteiger partial charge in [-0.2, -0.15) is 0 Å². The third-order valence-electron chi connectivity index (χ3n) is 5.91. The summed E-state index contributed by atoms with van der Waals surface area (Å²) in [5.74, 6) is 1.69. The molecular formula is C28H30ClN5O3. The molecule has 4 heterocycles. The second-order valence-corrected chi connectivity index (χ2v) is 10.3. The van der Waals surface area contributed by atoms with Crippen LogP contribution in [0.2, 0.25) is 5.02 Å². The molecule has 0 unspecified atom stereocenters. The molecule has 8 nitrogen and oxygen atoms in total. The largest absolute Gasteiger partial charge is 0.487 e. The summed E-state index contributed by atoms with van der Waals surface area (Å²) in [5.41, 5.74) is 4.06. The van der Waals surface area contributed by atoms with Crippen molar-refractivity contribution in [2.45, 2.75) is 53.6 Å². The van der Waals surface area contributed by atoms with E-state index in [0.717, 1.165) is 5.56 Å². The molecule has 0 atom stereocenters. The highest BCUT2D eigenvalue weighted by Crippen LogP contribution is 2.29. The summed E-state index contributed by atoms with van der Waals surface area (Å²) in [7, 11) is 1.56. The van der Waals surface area contributed by atoms with Gasteiger partial charge in [0.25, 0.3) is 5.56 Å². The van der Waals surface area contributed by atoms with Crippen LogP contribution < -0.4 is 15.0 Å². The van der Waals surface area contributed by atoms with Crippen LogP contribution in [0.4, 0.5) is 0 Å². The van der Waals surface area contributed by atoms with E-state index in [2.05, 4.69) is 35.7 Å². The van der Waals surface area contributed by atoms with Gasteiger partial charge in [0.05, 0.1) is 40.5 Å². The van der Waals surface area contributed by atoms with Crippen molar-refractivity contribution in [1.82, 2.24) is 24.5 Å². The van der Waals surface area contributed by atoms with Gasteiger partial charge in [-0.25, -0.2) is 15.0 Å².